The molecule has 3 N–H and O–H groups in total. The smallest absolute Gasteiger partial charge is 0.0446 e. The lowest BCUT2D eigenvalue weighted by Gasteiger charge is -2.16. The van der Waals surface area contributed by atoms with E-state index in [4.69, 9.17) is 5.11 Å². The molecule has 2 fully saturated rings. The van der Waals surface area contributed by atoms with E-state index in [1.54, 1.807) is 0 Å². The topological polar surface area (TPSA) is 44.3 Å². The average Bonchev–Trinajstić information content (AvgIpc) is 2.70. The minimum absolute atomic E-state index is 0.302. The first kappa shape index (κ1) is 9.44. The fraction of sp³-hybridized carbons (Fsp3) is 1.00. The molecule has 0 bridgehead atoms. The summed E-state index contributed by atoms with van der Waals surface area (Å²) in [6.07, 6.45) is 7.69. The maximum absolute atomic E-state index is 8.81. The number of rotatable bonds is 3. The van der Waals surface area contributed by atoms with Gasteiger partial charge in [-0.2, -0.15) is 0 Å². The van der Waals surface area contributed by atoms with Crippen molar-refractivity contribution in [1.82, 2.24) is 10.9 Å². The maximum atomic E-state index is 8.81. The van der Waals surface area contributed by atoms with Gasteiger partial charge in [-0.3, -0.25) is 10.9 Å². The summed E-state index contributed by atoms with van der Waals surface area (Å²) in [5, 5.41) is 8.81. The molecular weight excluding hydrogens is 164 g/mol. The molecule has 0 spiro atoms. The van der Waals surface area contributed by atoms with Gasteiger partial charge in [0.1, 0.15) is 0 Å². The van der Waals surface area contributed by atoms with E-state index in [0.717, 1.165) is 12.3 Å². The second-order valence-corrected chi connectivity index (χ2v) is 4.38. The number of aliphatic hydroxyl groups excluding tert-OH is 1. The Bertz CT molecular complexity index is 157. The van der Waals surface area contributed by atoms with Crippen LogP contribution >= 0.6 is 0 Å². The number of hydrazine groups is 1. The molecule has 3 heteroatoms. The lowest BCUT2D eigenvalue weighted by atomic mass is 9.94. The normalized spacial score (nSPS) is 35.8. The van der Waals surface area contributed by atoms with Crippen molar-refractivity contribution in [3.05, 3.63) is 0 Å². The minimum Gasteiger partial charge on any atom is -0.396 e. The Labute approximate surface area is 79.9 Å². The first-order chi connectivity index (χ1) is 6.40. The van der Waals surface area contributed by atoms with Gasteiger partial charge < -0.3 is 5.11 Å². The number of hydrogen-bond acceptors (Lipinski definition) is 3. The van der Waals surface area contributed by atoms with Crippen molar-refractivity contribution in [3.63, 3.8) is 0 Å². The number of aliphatic hydroxyl groups is 1. The Morgan fingerprint density at radius 2 is 1.92 bits per heavy atom. The van der Waals surface area contributed by atoms with E-state index in [9.17, 15) is 0 Å². The van der Waals surface area contributed by atoms with Crippen LogP contribution in [0, 0.1) is 5.92 Å². The zero-order valence-corrected chi connectivity index (χ0v) is 8.13. The molecule has 2 atom stereocenters. The van der Waals surface area contributed by atoms with Gasteiger partial charge in [0.15, 0.2) is 0 Å². The van der Waals surface area contributed by atoms with Crippen LogP contribution in [0.1, 0.15) is 38.5 Å². The van der Waals surface area contributed by atoms with Crippen molar-refractivity contribution < 1.29 is 5.11 Å². The van der Waals surface area contributed by atoms with E-state index in [0.29, 0.717) is 18.7 Å². The highest BCUT2D eigenvalue weighted by atomic mass is 16.3. The molecule has 3 nitrogen and oxygen atoms in total. The summed E-state index contributed by atoms with van der Waals surface area (Å²) in [4.78, 5) is 0. The maximum Gasteiger partial charge on any atom is 0.0446 e. The lowest BCUT2D eigenvalue weighted by molar-refractivity contribution is 0.268. The molecule has 1 aliphatic heterocycles. The highest BCUT2D eigenvalue weighted by Gasteiger charge is 2.31. The molecule has 1 saturated carbocycles. The molecule has 0 radical (unpaired) electrons. The fourth-order valence-corrected chi connectivity index (χ4v) is 2.67. The third-order valence-electron chi connectivity index (χ3n) is 3.46. The van der Waals surface area contributed by atoms with Gasteiger partial charge in [0.2, 0.25) is 0 Å². The summed E-state index contributed by atoms with van der Waals surface area (Å²) in [7, 11) is 0. The summed E-state index contributed by atoms with van der Waals surface area (Å²) in [6, 6.07) is 1.16. The van der Waals surface area contributed by atoms with Gasteiger partial charge in [0.05, 0.1) is 0 Å². The third kappa shape index (κ3) is 2.22. The summed E-state index contributed by atoms with van der Waals surface area (Å²) >= 11 is 0. The van der Waals surface area contributed by atoms with Gasteiger partial charge >= 0.3 is 0 Å². The molecule has 76 valence electrons. The largest absolute Gasteiger partial charge is 0.396 e. The SMILES string of the molecule is OCCC1CC(C2CCCC2)NN1. The van der Waals surface area contributed by atoms with Gasteiger partial charge in [-0.05, 0) is 31.6 Å². The van der Waals surface area contributed by atoms with E-state index >= 15 is 0 Å². The van der Waals surface area contributed by atoms with E-state index < -0.39 is 0 Å². The highest BCUT2D eigenvalue weighted by molar-refractivity contribution is 4.88. The number of hydrogen-bond donors (Lipinski definition) is 3. The molecule has 0 aromatic rings. The van der Waals surface area contributed by atoms with Crippen molar-refractivity contribution >= 4 is 0 Å². The first-order valence-electron chi connectivity index (χ1n) is 5.52. The van der Waals surface area contributed by atoms with E-state index in [1.165, 1.54) is 32.1 Å². The van der Waals surface area contributed by atoms with Crippen molar-refractivity contribution in [2.45, 2.75) is 50.6 Å². The van der Waals surface area contributed by atoms with Crippen LogP contribution in [0.4, 0.5) is 0 Å². The molecule has 0 amide bonds. The van der Waals surface area contributed by atoms with Crippen molar-refractivity contribution in [1.29, 1.82) is 0 Å². The van der Waals surface area contributed by atoms with Gasteiger partial charge in [0, 0.05) is 18.7 Å². The lowest BCUT2D eigenvalue weighted by Crippen LogP contribution is -2.36. The van der Waals surface area contributed by atoms with Crippen LogP contribution in [0.3, 0.4) is 0 Å². The fourth-order valence-electron chi connectivity index (χ4n) is 2.67. The van der Waals surface area contributed by atoms with E-state index in [2.05, 4.69) is 10.9 Å². The van der Waals surface area contributed by atoms with Crippen LogP contribution in [0.25, 0.3) is 0 Å². The van der Waals surface area contributed by atoms with Gasteiger partial charge in [0.25, 0.3) is 0 Å². The molecule has 2 aliphatic rings. The molecule has 2 rings (SSSR count). The Balaban J connectivity index is 1.76. The van der Waals surface area contributed by atoms with Crippen LogP contribution in [0.2, 0.25) is 0 Å². The summed E-state index contributed by atoms with van der Waals surface area (Å²) in [5.74, 6) is 0.885. The third-order valence-corrected chi connectivity index (χ3v) is 3.46. The molecule has 13 heavy (non-hydrogen) atoms. The first-order valence-corrected chi connectivity index (χ1v) is 5.52. The van der Waals surface area contributed by atoms with Crippen molar-refractivity contribution in [2.75, 3.05) is 6.61 Å². The summed E-state index contributed by atoms with van der Waals surface area (Å²) in [6.45, 7) is 0.302. The van der Waals surface area contributed by atoms with Crippen LogP contribution in [0.5, 0.6) is 0 Å². The molecule has 1 saturated heterocycles. The number of nitrogens with one attached hydrogen (secondary N) is 2. The summed E-state index contributed by atoms with van der Waals surface area (Å²) < 4.78 is 0. The molecule has 2 unspecified atom stereocenters. The van der Waals surface area contributed by atoms with Gasteiger partial charge in [-0.15, -0.1) is 0 Å². The minimum atomic E-state index is 0.302. The van der Waals surface area contributed by atoms with Crippen LogP contribution in [-0.4, -0.2) is 23.8 Å². The van der Waals surface area contributed by atoms with Crippen molar-refractivity contribution in [2.24, 2.45) is 5.92 Å². The molecular formula is C10H20N2O. The van der Waals surface area contributed by atoms with Gasteiger partial charge in [-0.25, -0.2) is 0 Å². The zero-order chi connectivity index (χ0) is 9.10. The Morgan fingerprint density at radius 3 is 2.62 bits per heavy atom. The quantitative estimate of drug-likeness (QED) is 0.608. The Morgan fingerprint density at radius 1 is 1.15 bits per heavy atom. The molecule has 0 aromatic carbocycles. The Hall–Kier alpha value is -0.120. The van der Waals surface area contributed by atoms with Crippen LogP contribution < -0.4 is 10.9 Å². The predicted molar refractivity (Wildman–Crippen MR) is 52.1 cm³/mol. The standard InChI is InChI=1S/C10H20N2O/c13-6-5-9-7-10(12-11-9)8-3-1-2-4-8/h8-13H,1-7H2. The predicted octanol–water partition coefficient (Wildman–Crippen LogP) is 0.794. The average molecular weight is 184 g/mol. The molecule has 1 aliphatic carbocycles. The second kappa shape index (κ2) is 4.40. The van der Waals surface area contributed by atoms with E-state index in [-0.39, 0.29) is 0 Å². The van der Waals surface area contributed by atoms with Crippen molar-refractivity contribution in [3.8, 4) is 0 Å². The zero-order valence-electron chi connectivity index (χ0n) is 8.13. The molecule has 0 aromatic heterocycles. The Kier molecular flexibility index (Phi) is 3.19. The van der Waals surface area contributed by atoms with Crippen LogP contribution in [-0.2, 0) is 0 Å². The second-order valence-electron chi connectivity index (χ2n) is 4.38. The summed E-state index contributed by atoms with van der Waals surface area (Å²) in [5.41, 5.74) is 6.65. The monoisotopic (exact) mass is 184 g/mol. The van der Waals surface area contributed by atoms with E-state index in [1.807, 2.05) is 0 Å². The van der Waals surface area contributed by atoms with Gasteiger partial charge in [-0.1, -0.05) is 12.8 Å². The van der Waals surface area contributed by atoms with Crippen LogP contribution in [0.15, 0.2) is 0 Å². The molecule has 1 heterocycles. The highest BCUT2D eigenvalue weighted by Crippen LogP contribution is 2.30.